The lowest BCUT2D eigenvalue weighted by atomic mass is 10.2. The van der Waals surface area contributed by atoms with Crippen LogP contribution in [0, 0.1) is 18.3 Å². The zero-order chi connectivity index (χ0) is 15.2. The Bertz CT molecular complexity index is 710. The summed E-state index contributed by atoms with van der Waals surface area (Å²) in [5.74, 6) is -0.110. The maximum absolute atomic E-state index is 10.9. The minimum atomic E-state index is -0.110. The molecule has 21 heavy (non-hydrogen) atoms. The Morgan fingerprint density at radius 3 is 2.52 bits per heavy atom. The maximum atomic E-state index is 10.9. The number of benzene rings is 1. The number of carbonyl (C=O) groups excluding carboxylic acids is 1. The number of hydrogen-bond donors (Lipinski definition) is 2. The number of anilines is 2. The van der Waals surface area contributed by atoms with Gasteiger partial charge in [-0.05, 0) is 31.2 Å². The van der Waals surface area contributed by atoms with Crippen LogP contribution in [0.4, 0.5) is 11.4 Å². The van der Waals surface area contributed by atoms with Crippen LogP contribution in [0.1, 0.15) is 17.6 Å². The molecule has 0 aliphatic heterocycles. The number of allylic oxidation sites excluding steroid dienone is 1. The minimum Gasteiger partial charge on any atom is -0.360 e. The molecule has 0 aliphatic rings. The van der Waals surface area contributed by atoms with E-state index in [1.54, 1.807) is 18.3 Å². The van der Waals surface area contributed by atoms with E-state index in [1.807, 2.05) is 24.4 Å². The van der Waals surface area contributed by atoms with Gasteiger partial charge in [0, 0.05) is 35.6 Å². The van der Waals surface area contributed by atoms with Gasteiger partial charge in [-0.25, -0.2) is 4.98 Å². The molecule has 0 spiro atoms. The second-order valence-corrected chi connectivity index (χ2v) is 5.22. The number of carbonyl (C=O) groups is 1. The van der Waals surface area contributed by atoms with Crippen molar-refractivity contribution in [1.29, 1.82) is 5.26 Å². The molecule has 2 aromatic rings. The molecule has 106 valence electrons. The molecule has 0 radical (unpaired) electrons. The number of nitrogens with one attached hydrogen (secondary N) is 2. The summed E-state index contributed by atoms with van der Waals surface area (Å²) in [5.41, 5.74) is 2.94. The lowest BCUT2D eigenvalue weighted by molar-refractivity contribution is -0.114. The van der Waals surface area contributed by atoms with Crippen LogP contribution in [-0.2, 0) is 4.79 Å². The zero-order valence-electron chi connectivity index (χ0n) is 11.7. The topological polar surface area (TPSA) is 77.8 Å². The van der Waals surface area contributed by atoms with Crippen LogP contribution in [0.25, 0.3) is 5.57 Å². The summed E-state index contributed by atoms with van der Waals surface area (Å²) >= 11 is 1.44. The third-order valence-corrected chi connectivity index (χ3v) is 3.55. The average Bonchev–Trinajstić information content (AvgIpc) is 2.87. The lowest BCUT2D eigenvalue weighted by Crippen LogP contribution is -2.05. The highest BCUT2D eigenvalue weighted by atomic mass is 32.1. The van der Waals surface area contributed by atoms with Crippen LogP contribution in [-0.4, -0.2) is 10.9 Å². The second kappa shape index (κ2) is 6.68. The van der Waals surface area contributed by atoms with E-state index < -0.39 is 0 Å². The highest BCUT2D eigenvalue weighted by molar-refractivity contribution is 7.10. The van der Waals surface area contributed by atoms with Gasteiger partial charge in [0.2, 0.25) is 5.91 Å². The SMILES string of the molecule is CC(=O)Nc1ccc(N/C=C(\C#N)c2nc(C)cs2)cc1. The van der Waals surface area contributed by atoms with E-state index in [9.17, 15) is 10.1 Å². The molecule has 1 aromatic carbocycles. The monoisotopic (exact) mass is 298 g/mol. The van der Waals surface area contributed by atoms with Gasteiger partial charge >= 0.3 is 0 Å². The van der Waals surface area contributed by atoms with Crippen LogP contribution < -0.4 is 10.6 Å². The van der Waals surface area contributed by atoms with E-state index in [0.29, 0.717) is 10.6 Å². The molecular formula is C15H14N4OS. The molecule has 2 N–H and O–H groups in total. The van der Waals surface area contributed by atoms with Gasteiger partial charge in [-0.3, -0.25) is 4.79 Å². The van der Waals surface area contributed by atoms with Gasteiger partial charge in [-0.2, -0.15) is 5.26 Å². The van der Waals surface area contributed by atoms with Gasteiger partial charge in [-0.1, -0.05) is 0 Å². The number of rotatable bonds is 4. The Balaban J connectivity index is 2.09. The molecule has 0 atom stereocenters. The fraction of sp³-hybridized carbons (Fsp3) is 0.133. The predicted molar refractivity (Wildman–Crippen MR) is 84.8 cm³/mol. The number of thiazole rings is 1. The van der Waals surface area contributed by atoms with Crippen molar-refractivity contribution in [2.24, 2.45) is 0 Å². The van der Waals surface area contributed by atoms with Crippen molar-refractivity contribution < 1.29 is 4.79 Å². The molecular weight excluding hydrogens is 284 g/mol. The van der Waals surface area contributed by atoms with Crippen molar-refractivity contribution in [2.75, 3.05) is 10.6 Å². The lowest BCUT2D eigenvalue weighted by Gasteiger charge is -2.04. The highest BCUT2D eigenvalue weighted by Gasteiger charge is 2.05. The van der Waals surface area contributed by atoms with E-state index in [-0.39, 0.29) is 5.91 Å². The van der Waals surface area contributed by atoms with E-state index >= 15 is 0 Å². The molecule has 5 nitrogen and oxygen atoms in total. The first kappa shape index (κ1) is 14.8. The van der Waals surface area contributed by atoms with Crippen LogP contribution in [0.2, 0.25) is 0 Å². The Kier molecular flexibility index (Phi) is 4.69. The van der Waals surface area contributed by atoms with Gasteiger partial charge in [-0.15, -0.1) is 11.3 Å². The molecule has 0 saturated heterocycles. The minimum absolute atomic E-state index is 0.110. The summed E-state index contributed by atoms with van der Waals surface area (Å²) in [6.45, 7) is 3.35. The standard InChI is InChI=1S/C15H14N4OS/c1-10-9-21-15(18-10)12(7-16)8-17-13-3-5-14(6-4-13)19-11(2)20/h3-6,8-9,17H,1-2H3,(H,19,20)/b12-8+. The molecule has 0 bridgehead atoms. The van der Waals surface area contributed by atoms with Crippen molar-refractivity contribution in [1.82, 2.24) is 4.98 Å². The Morgan fingerprint density at radius 2 is 2.00 bits per heavy atom. The van der Waals surface area contributed by atoms with E-state index in [0.717, 1.165) is 17.1 Å². The second-order valence-electron chi connectivity index (χ2n) is 4.37. The van der Waals surface area contributed by atoms with Crippen LogP contribution in [0.5, 0.6) is 0 Å². The van der Waals surface area contributed by atoms with Crippen molar-refractivity contribution in [3.05, 3.63) is 46.5 Å². The largest absolute Gasteiger partial charge is 0.360 e. The van der Waals surface area contributed by atoms with E-state index in [2.05, 4.69) is 21.7 Å². The zero-order valence-corrected chi connectivity index (χ0v) is 12.5. The number of nitrogens with zero attached hydrogens (tertiary/aromatic N) is 2. The average molecular weight is 298 g/mol. The summed E-state index contributed by atoms with van der Waals surface area (Å²) in [7, 11) is 0. The molecule has 2 rings (SSSR count). The van der Waals surface area contributed by atoms with Gasteiger partial charge in [0.1, 0.15) is 16.6 Å². The van der Waals surface area contributed by atoms with Crippen LogP contribution in [0.15, 0.2) is 35.8 Å². The molecule has 0 aliphatic carbocycles. The molecule has 0 fully saturated rings. The number of amides is 1. The summed E-state index contributed by atoms with van der Waals surface area (Å²) < 4.78 is 0. The van der Waals surface area contributed by atoms with Crippen molar-refractivity contribution in [2.45, 2.75) is 13.8 Å². The Morgan fingerprint density at radius 1 is 1.33 bits per heavy atom. The number of nitriles is 1. The van der Waals surface area contributed by atoms with Gasteiger partial charge in [0.15, 0.2) is 0 Å². The number of aromatic nitrogens is 1. The smallest absolute Gasteiger partial charge is 0.221 e. The normalized spacial score (nSPS) is 10.8. The first-order chi connectivity index (χ1) is 10.1. The fourth-order valence-electron chi connectivity index (χ4n) is 1.63. The first-order valence-electron chi connectivity index (χ1n) is 6.25. The molecule has 1 heterocycles. The van der Waals surface area contributed by atoms with Gasteiger partial charge in [0.25, 0.3) is 0 Å². The van der Waals surface area contributed by atoms with Gasteiger partial charge < -0.3 is 10.6 Å². The highest BCUT2D eigenvalue weighted by Crippen LogP contribution is 2.19. The molecule has 1 amide bonds. The molecule has 0 saturated carbocycles. The van der Waals surface area contributed by atoms with Crippen LogP contribution >= 0.6 is 11.3 Å². The van der Waals surface area contributed by atoms with Gasteiger partial charge in [0.05, 0.1) is 0 Å². The Hall–Kier alpha value is -2.65. The van der Waals surface area contributed by atoms with E-state index in [1.165, 1.54) is 18.3 Å². The quantitative estimate of drug-likeness (QED) is 0.848. The summed E-state index contributed by atoms with van der Waals surface area (Å²) in [6, 6.07) is 9.35. The van der Waals surface area contributed by atoms with Crippen molar-refractivity contribution in [3.8, 4) is 6.07 Å². The fourth-order valence-corrected chi connectivity index (χ4v) is 2.39. The van der Waals surface area contributed by atoms with Crippen molar-refractivity contribution in [3.63, 3.8) is 0 Å². The van der Waals surface area contributed by atoms with Crippen molar-refractivity contribution >= 4 is 34.2 Å². The van der Waals surface area contributed by atoms with Crippen LogP contribution in [0.3, 0.4) is 0 Å². The third kappa shape index (κ3) is 4.16. The third-order valence-electron chi connectivity index (χ3n) is 2.56. The summed E-state index contributed by atoms with van der Waals surface area (Å²) in [4.78, 5) is 15.2. The summed E-state index contributed by atoms with van der Waals surface area (Å²) in [5, 5.41) is 17.5. The number of hydrogen-bond acceptors (Lipinski definition) is 5. The summed E-state index contributed by atoms with van der Waals surface area (Å²) in [6.07, 6.45) is 1.63. The van der Waals surface area contributed by atoms with E-state index in [4.69, 9.17) is 0 Å². The first-order valence-corrected chi connectivity index (χ1v) is 7.13. The number of aryl methyl sites for hydroxylation is 1. The molecule has 0 unspecified atom stereocenters. The molecule has 6 heteroatoms. The Labute approximate surface area is 127 Å². The molecule has 1 aromatic heterocycles. The maximum Gasteiger partial charge on any atom is 0.221 e. The predicted octanol–water partition coefficient (Wildman–Crippen LogP) is 3.39.